The molecule has 1 aliphatic carbocycles. The number of aromatic nitrogens is 4. The molecule has 1 saturated carbocycles. The summed E-state index contributed by atoms with van der Waals surface area (Å²) in [6.07, 6.45) is 6.14. The average molecular weight is 323 g/mol. The van der Waals surface area contributed by atoms with E-state index in [0.29, 0.717) is 24.2 Å². The maximum absolute atomic E-state index is 12.6. The maximum Gasteiger partial charge on any atom is 0.272 e. The smallest absolute Gasteiger partial charge is 0.272 e. The predicted octanol–water partition coefficient (Wildman–Crippen LogP) is 1.37. The molecule has 0 aromatic carbocycles. The summed E-state index contributed by atoms with van der Waals surface area (Å²) in [7, 11) is 0. The molecule has 3 aromatic rings. The zero-order valence-electron chi connectivity index (χ0n) is 12.9. The van der Waals surface area contributed by atoms with Gasteiger partial charge >= 0.3 is 0 Å². The fourth-order valence-electron chi connectivity index (χ4n) is 3.05. The van der Waals surface area contributed by atoms with Crippen molar-refractivity contribution in [2.24, 2.45) is 5.92 Å². The number of aliphatic hydroxyl groups is 1. The third kappa shape index (κ3) is 2.74. The van der Waals surface area contributed by atoms with Gasteiger partial charge in [-0.3, -0.25) is 9.78 Å². The number of fused-ring (bicyclic) bond motifs is 1. The normalized spacial score (nSPS) is 21.2. The van der Waals surface area contributed by atoms with Crippen LogP contribution in [0.5, 0.6) is 0 Å². The number of nitrogens with zero attached hydrogens (tertiary/aromatic N) is 4. The van der Waals surface area contributed by atoms with E-state index in [1.165, 1.54) is 0 Å². The summed E-state index contributed by atoms with van der Waals surface area (Å²) in [5.41, 5.74) is 1.73. The molecule has 1 aliphatic rings. The van der Waals surface area contributed by atoms with E-state index in [0.717, 1.165) is 5.69 Å². The predicted molar refractivity (Wildman–Crippen MR) is 86.2 cm³/mol. The SMILES string of the molecule is O=C(NC(c1ccccn1)C1CC(O)C1)c1cc2ncccn2n1. The average Bonchev–Trinajstić information content (AvgIpc) is 3.02. The number of hydrogen-bond acceptors (Lipinski definition) is 5. The molecule has 7 heteroatoms. The first-order chi connectivity index (χ1) is 11.7. The van der Waals surface area contributed by atoms with E-state index in [9.17, 15) is 9.90 Å². The van der Waals surface area contributed by atoms with Gasteiger partial charge in [0.05, 0.1) is 17.8 Å². The lowest BCUT2D eigenvalue weighted by atomic mass is 9.76. The Bertz CT molecular complexity index is 825. The zero-order valence-corrected chi connectivity index (χ0v) is 12.9. The van der Waals surface area contributed by atoms with Crippen molar-refractivity contribution < 1.29 is 9.90 Å². The molecule has 0 bridgehead atoms. The van der Waals surface area contributed by atoms with E-state index in [4.69, 9.17) is 0 Å². The Balaban J connectivity index is 1.58. The van der Waals surface area contributed by atoms with E-state index >= 15 is 0 Å². The van der Waals surface area contributed by atoms with Crippen molar-refractivity contribution >= 4 is 11.6 Å². The van der Waals surface area contributed by atoms with Gasteiger partial charge in [0, 0.05) is 24.7 Å². The summed E-state index contributed by atoms with van der Waals surface area (Å²) in [6, 6.07) is 8.80. The van der Waals surface area contributed by atoms with Gasteiger partial charge in [-0.15, -0.1) is 0 Å². The summed E-state index contributed by atoms with van der Waals surface area (Å²) >= 11 is 0. The van der Waals surface area contributed by atoms with Crippen molar-refractivity contribution in [2.75, 3.05) is 0 Å². The summed E-state index contributed by atoms with van der Waals surface area (Å²) in [5.74, 6) is -0.0912. The number of pyridine rings is 1. The van der Waals surface area contributed by atoms with Crippen LogP contribution >= 0.6 is 0 Å². The number of amides is 1. The number of nitrogens with one attached hydrogen (secondary N) is 1. The summed E-state index contributed by atoms with van der Waals surface area (Å²) < 4.78 is 1.57. The van der Waals surface area contributed by atoms with Gasteiger partial charge in [-0.1, -0.05) is 6.07 Å². The van der Waals surface area contributed by atoms with Crippen LogP contribution in [0.3, 0.4) is 0 Å². The first kappa shape index (κ1) is 14.8. The van der Waals surface area contributed by atoms with Crippen LogP contribution in [0.4, 0.5) is 0 Å². The van der Waals surface area contributed by atoms with Gasteiger partial charge in [-0.25, -0.2) is 9.50 Å². The maximum atomic E-state index is 12.6. The second-order valence-electron chi connectivity index (χ2n) is 6.04. The second kappa shape index (κ2) is 6.01. The highest BCUT2D eigenvalue weighted by atomic mass is 16.3. The molecular weight excluding hydrogens is 306 g/mol. The van der Waals surface area contributed by atoms with Crippen LogP contribution in [-0.4, -0.2) is 36.7 Å². The quantitative estimate of drug-likeness (QED) is 0.756. The molecule has 7 nitrogen and oxygen atoms in total. The molecule has 1 amide bonds. The van der Waals surface area contributed by atoms with Crippen molar-refractivity contribution in [3.63, 3.8) is 0 Å². The fraction of sp³-hybridized carbons (Fsp3) is 0.294. The van der Waals surface area contributed by atoms with Gasteiger partial charge in [-0.05, 0) is 37.0 Å². The highest BCUT2D eigenvalue weighted by Crippen LogP contribution is 2.37. The van der Waals surface area contributed by atoms with Crippen LogP contribution in [0.15, 0.2) is 48.9 Å². The topological polar surface area (TPSA) is 92.4 Å². The van der Waals surface area contributed by atoms with Gasteiger partial charge in [-0.2, -0.15) is 5.10 Å². The van der Waals surface area contributed by atoms with Crippen molar-refractivity contribution in [1.82, 2.24) is 24.9 Å². The van der Waals surface area contributed by atoms with E-state index in [1.54, 1.807) is 35.2 Å². The molecule has 0 radical (unpaired) electrons. The first-order valence-electron chi connectivity index (χ1n) is 7.91. The lowest BCUT2D eigenvalue weighted by Crippen LogP contribution is -2.41. The standard InChI is InChI=1S/C17H17N5O2/c23-12-8-11(9-12)16(13-4-1-2-5-18-13)20-17(24)14-10-15-19-6-3-7-22(15)21-14/h1-7,10-12,16,23H,8-9H2,(H,20,24). The first-order valence-corrected chi connectivity index (χ1v) is 7.91. The van der Waals surface area contributed by atoms with E-state index in [1.807, 2.05) is 18.2 Å². The highest BCUT2D eigenvalue weighted by Gasteiger charge is 2.36. The number of carbonyl (C=O) groups is 1. The molecule has 0 saturated heterocycles. The van der Waals surface area contributed by atoms with Crippen LogP contribution in [0.25, 0.3) is 5.65 Å². The van der Waals surface area contributed by atoms with E-state index in [2.05, 4.69) is 20.4 Å². The van der Waals surface area contributed by atoms with Crippen LogP contribution < -0.4 is 5.32 Å². The number of hydrogen-bond donors (Lipinski definition) is 2. The second-order valence-corrected chi connectivity index (χ2v) is 6.04. The van der Waals surface area contributed by atoms with Crippen molar-refractivity contribution in [3.8, 4) is 0 Å². The molecule has 1 fully saturated rings. The Hall–Kier alpha value is -2.80. The van der Waals surface area contributed by atoms with E-state index in [-0.39, 0.29) is 24.0 Å². The molecule has 3 heterocycles. The minimum atomic E-state index is -0.294. The fourth-order valence-corrected chi connectivity index (χ4v) is 3.05. The third-order valence-electron chi connectivity index (χ3n) is 4.38. The molecule has 3 aromatic heterocycles. The lowest BCUT2D eigenvalue weighted by Gasteiger charge is -2.37. The van der Waals surface area contributed by atoms with Crippen molar-refractivity contribution in [2.45, 2.75) is 25.0 Å². The van der Waals surface area contributed by atoms with Gasteiger partial charge in [0.15, 0.2) is 11.3 Å². The molecule has 2 N–H and O–H groups in total. The van der Waals surface area contributed by atoms with Gasteiger partial charge in [0.2, 0.25) is 0 Å². The largest absolute Gasteiger partial charge is 0.393 e. The molecule has 0 aliphatic heterocycles. The van der Waals surface area contributed by atoms with Gasteiger partial charge in [0.25, 0.3) is 5.91 Å². The number of rotatable bonds is 4. The minimum absolute atomic E-state index is 0.175. The zero-order chi connectivity index (χ0) is 16.5. The van der Waals surface area contributed by atoms with E-state index < -0.39 is 0 Å². The molecule has 1 unspecified atom stereocenters. The van der Waals surface area contributed by atoms with Crippen molar-refractivity contribution in [1.29, 1.82) is 0 Å². The molecule has 0 spiro atoms. The van der Waals surface area contributed by atoms with Crippen LogP contribution in [-0.2, 0) is 0 Å². The number of carbonyl (C=O) groups excluding carboxylic acids is 1. The summed E-state index contributed by atoms with van der Waals surface area (Å²) in [6.45, 7) is 0. The summed E-state index contributed by atoms with van der Waals surface area (Å²) in [4.78, 5) is 21.2. The molecular formula is C17H17N5O2. The van der Waals surface area contributed by atoms with Crippen LogP contribution in [0, 0.1) is 5.92 Å². The Labute approximate surface area is 138 Å². The Morgan fingerprint density at radius 1 is 1.25 bits per heavy atom. The monoisotopic (exact) mass is 323 g/mol. The molecule has 122 valence electrons. The lowest BCUT2D eigenvalue weighted by molar-refractivity contribution is 0.0227. The summed E-state index contributed by atoms with van der Waals surface area (Å²) in [5, 5.41) is 16.9. The van der Waals surface area contributed by atoms with Crippen molar-refractivity contribution in [3.05, 3.63) is 60.3 Å². The molecule has 24 heavy (non-hydrogen) atoms. The highest BCUT2D eigenvalue weighted by molar-refractivity contribution is 5.93. The molecule has 1 atom stereocenters. The van der Waals surface area contributed by atoms with Gasteiger partial charge in [0.1, 0.15) is 0 Å². The number of aliphatic hydroxyl groups excluding tert-OH is 1. The Kier molecular flexibility index (Phi) is 3.70. The minimum Gasteiger partial charge on any atom is -0.393 e. The Morgan fingerprint density at radius 2 is 2.08 bits per heavy atom. The van der Waals surface area contributed by atoms with Crippen LogP contribution in [0.1, 0.15) is 35.1 Å². The molecule has 4 rings (SSSR count). The van der Waals surface area contributed by atoms with Crippen LogP contribution in [0.2, 0.25) is 0 Å². The Morgan fingerprint density at radius 3 is 2.79 bits per heavy atom. The third-order valence-corrected chi connectivity index (χ3v) is 4.38. The van der Waals surface area contributed by atoms with Gasteiger partial charge < -0.3 is 10.4 Å².